The Kier molecular flexibility index (Phi) is 4.45. The van der Waals surface area contributed by atoms with E-state index in [1.807, 2.05) is 6.92 Å². The Labute approximate surface area is 114 Å². The molecule has 0 radical (unpaired) electrons. The number of carboxylic acid groups (broad SMARTS) is 1. The summed E-state index contributed by atoms with van der Waals surface area (Å²) in [6.45, 7) is 4.10. The predicted molar refractivity (Wildman–Crippen MR) is 71.8 cm³/mol. The van der Waals surface area contributed by atoms with Crippen LogP contribution in [0.5, 0.6) is 0 Å². The predicted octanol–water partition coefficient (Wildman–Crippen LogP) is 1.23. The first-order valence-electron chi connectivity index (χ1n) is 7.31. The summed E-state index contributed by atoms with van der Waals surface area (Å²) in [5.41, 5.74) is -0.606. The summed E-state index contributed by atoms with van der Waals surface area (Å²) < 4.78 is 0. The third-order valence-electron chi connectivity index (χ3n) is 4.38. The second kappa shape index (κ2) is 5.90. The van der Waals surface area contributed by atoms with Crippen molar-refractivity contribution in [2.24, 2.45) is 5.41 Å². The summed E-state index contributed by atoms with van der Waals surface area (Å²) in [7, 11) is 0. The van der Waals surface area contributed by atoms with Gasteiger partial charge < -0.3 is 15.3 Å². The third kappa shape index (κ3) is 3.69. The summed E-state index contributed by atoms with van der Waals surface area (Å²) >= 11 is 0. The third-order valence-corrected chi connectivity index (χ3v) is 4.38. The highest BCUT2D eigenvalue weighted by Crippen LogP contribution is 2.33. The molecule has 1 unspecified atom stereocenters. The molecule has 1 saturated carbocycles. The highest BCUT2D eigenvalue weighted by molar-refractivity contribution is 5.77. The number of carbonyl (C=O) groups is 2. The molecule has 0 aromatic carbocycles. The normalized spacial score (nSPS) is 28.1. The first kappa shape index (κ1) is 14.3. The number of nitrogens with zero attached hydrogens (tertiary/aromatic N) is 1. The van der Waals surface area contributed by atoms with Crippen molar-refractivity contribution in [1.82, 2.24) is 10.2 Å². The van der Waals surface area contributed by atoms with Gasteiger partial charge in [0.2, 0.25) is 5.91 Å². The van der Waals surface area contributed by atoms with Crippen molar-refractivity contribution in [3.8, 4) is 0 Å². The SMILES string of the molecule is CCC1(C(=O)O)CCCN(CCC(=O)NC2CC2)C1. The Balaban J connectivity index is 1.79. The lowest BCUT2D eigenvalue weighted by Gasteiger charge is -2.39. The van der Waals surface area contributed by atoms with E-state index in [1.165, 1.54) is 0 Å². The maximum absolute atomic E-state index is 11.6. The van der Waals surface area contributed by atoms with Crippen LogP contribution in [0.15, 0.2) is 0 Å². The molecule has 1 aliphatic carbocycles. The Bertz CT molecular complexity index is 355. The highest BCUT2D eigenvalue weighted by atomic mass is 16.4. The minimum Gasteiger partial charge on any atom is -0.481 e. The monoisotopic (exact) mass is 268 g/mol. The summed E-state index contributed by atoms with van der Waals surface area (Å²) in [6.07, 6.45) is 5.01. The van der Waals surface area contributed by atoms with Gasteiger partial charge in [0.15, 0.2) is 0 Å². The lowest BCUT2D eigenvalue weighted by molar-refractivity contribution is -0.152. The highest BCUT2D eigenvalue weighted by Gasteiger charge is 2.40. The zero-order valence-electron chi connectivity index (χ0n) is 11.7. The summed E-state index contributed by atoms with van der Waals surface area (Å²) in [6, 6.07) is 0.405. The van der Waals surface area contributed by atoms with Crippen LogP contribution in [0.3, 0.4) is 0 Å². The van der Waals surface area contributed by atoms with Crippen LogP contribution < -0.4 is 5.32 Å². The van der Waals surface area contributed by atoms with E-state index < -0.39 is 11.4 Å². The first-order chi connectivity index (χ1) is 9.05. The number of carboxylic acids is 1. The number of hydrogen-bond acceptors (Lipinski definition) is 3. The van der Waals surface area contributed by atoms with E-state index in [2.05, 4.69) is 10.2 Å². The Hall–Kier alpha value is -1.10. The molecule has 5 nitrogen and oxygen atoms in total. The number of likely N-dealkylation sites (tertiary alicyclic amines) is 1. The average Bonchev–Trinajstić information content (AvgIpc) is 3.20. The van der Waals surface area contributed by atoms with Crippen LogP contribution in [0.4, 0.5) is 0 Å². The van der Waals surface area contributed by atoms with Gasteiger partial charge in [-0.3, -0.25) is 9.59 Å². The number of nitrogens with one attached hydrogen (secondary N) is 1. The maximum atomic E-state index is 11.6. The van der Waals surface area contributed by atoms with Crippen LogP contribution in [0.1, 0.15) is 45.4 Å². The molecule has 1 aliphatic heterocycles. The summed E-state index contributed by atoms with van der Waals surface area (Å²) in [5.74, 6) is -0.590. The van der Waals surface area contributed by atoms with Gasteiger partial charge in [0, 0.05) is 25.6 Å². The van der Waals surface area contributed by atoms with Gasteiger partial charge in [-0.2, -0.15) is 0 Å². The molecular formula is C14H24N2O3. The second-order valence-corrected chi connectivity index (χ2v) is 5.91. The average molecular weight is 268 g/mol. The number of carbonyl (C=O) groups excluding carboxylic acids is 1. The molecule has 108 valence electrons. The molecule has 1 amide bonds. The smallest absolute Gasteiger partial charge is 0.310 e. The van der Waals surface area contributed by atoms with Crippen LogP contribution in [0.25, 0.3) is 0 Å². The summed E-state index contributed by atoms with van der Waals surface area (Å²) in [4.78, 5) is 25.2. The van der Waals surface area contributed by atoms with Gasteiger partial charge in [0.1, 0.15) is 0 Å². The molecule has 2 fully saturated rings. The minimum atomic E-state index is -0.692. The van der Waals surface area contributed by atoms with Crippen LogP contribution >= 0.6 is 0 Å². The minimum absolute atomic E-state index is 0.102. The van der Waals surface area contributed by atoms with Crippen LogP contribution in [0.2, 0.25) is 0 Å². The molecule has 0 aromatic rings. The fourth-order valence-corrected chi connectivity index (χ4v) is 2.82. The van der Waals surface area contributed by atoms with Crippen molar-refractivity contribution in [1.29, 1.82) is 0 Å². The number of hydrogen-bond donors (Lipinski definition) is 2. The van der Waals surface area contributed by atoms with Crippen molar-refractivity contribution in [3.05, 3.63) is 0 Å². The van der Waals surface area contributed by atoms with Crippen molar-refractivity contribution in [2.75, 3.05) is 19.6 Å². The molecule has 2 N–H and O–H groups in total. The van der Waals surface area contributed by atoms with Gasteiger partial charge >= 0.3 is 5.97 Å². The lowest BCUT2D eigenvalue weighted by Crippen LogP contribution is -2.48. The zero-order valence-corrected chi connectivity index (χ0v) is 11.7. The fraction of sp³-hybridized carbons (Fsp3) is 0.857. The molecule has 5 heteroatoms. The molecule has 1 saturated heterocycles. The van der Waals surface area contributed by atoms with Gasteiger partial charge in [-0.15, -0.1) is 0 Å². The molecule has 0 aromatic heterocycles. The quantitative estimate of drug-likeness (QED) is 0.760. The van der Waals surface area contributed by atoms with Gasteiger partial charge in [-0.25, -0.2) is 0 Å². The van der Waals surface area contributed by atoms with Crippen LogP contribution in [-0.2, 0) is 9.59 Å². The van der Waals surface area contributed by atoms with E-state index in [0.29, 0.717) is 32.0 Å². The van der Waals surface area contributed by atoms with E-state index in [9.17, 15) is 14.7 Å². The van der Waals surface area contributed by atoms with Crippen molar-refractivity contribution < 1.29 is 14.7 Å². The van der Waals surface area contributed by atoms with E-state index in [1.54, 1.807) is 0 Å². The number of amides is 1. The van der Waals surface area contributed by atoms with Crippen LogP contribution in [0, 0.1) is 5.41 Å². The number of aliphatic carboxylic acids is 1. The second-order valence-electron chi connectivity index (χ2n) is 5.91. The number of rotatable bonds is 6. The van der Waals surface area contributed by atoms with Gasteiger partial charge in [0.25, 0.3) is 0 Å². The van der Waals surface area contributed by atoms with E-state index >= 15 is 0 Å². The molecule has 1 atom stereocenters. The van der Waals surface area contributed by atoms with E-state index in [4.69, 9.17) is 0 Å². The molecule has 0 bridgehead atoms. The Morgan fingerprint density at radius 2 is 2.16 bits per heavy atom. The fourth-order valence-electron chi connectivity index (χ4n) is 2.82. The van der Waals surface area contributed by atoms with Crippen molar-refractivity contribution in [2.45, 2.75) is 51.5 Å². The zero-order chi connectivity index (χ0) is 13.9. The first-order valence-corrected chi connectivity index (χ1v) is 7.31. The molecule has 2 aliphatic rings. The topological polar surface area (TPSA) is 69.6 Å². The molecule has 0 spiro atoms. The van der Waals surface area contributed by atoms with Gasteiger partial charge in [0.05, 0.1) is 5.41 Å². The Morgan fingerprint density at radius 3 is 2.74 bits per heavy atom. The molecule has 1 heterocycles. The lowest BCUT2D eigenvalue weighted by atomic mass is 9.77. The van der Waals surface area contributed by atoms with E-state index in [-0.39, 0.29) is 5.91 Å². The molecule has 2 rings (SSSR count). The maximum Gasteiger partial charge on any atom is 0.310 e. The van der Waals surface area contributed by atoms with Gasteiger partial charge in [-0.05, 0) is 38.6 Å². The summed E-state index contributed by atoms with van der Waals surface area (Å²) in [5, 5.41) is 12.4. The molecular weight excluding hydrogens is 244 g/mol. The Morgan fingerprint density at radius 1 is 1.42 bits per heavy atom. The van der Waals surface area contributed by atoms with Crippen molar-refractivity contribution in [3.63, 3.8) is 0 Å². The molecule has 19 heavy (non-hydrogen) atoms. The van der Waals surface area contributed by atoms with Crippen molar-refractivity contribution >= 4 is 11.9 Å². The van der Waals surface area contributed by atoms with Crippen LogP contribution in [-0.4, -0.2) is 47.6 Å². The van der Waals surface area contributed by atoms with Gasteiger partial charge in [-0.1, -0.05) is 6.92 Å². The standard InChI is InChI=1S/C14H24N2O3/c1-2-14(13(18)19)7-3-8-16(10-14)9-6-12(17)15-11-4-5-11/h11H,2-10H2,1H3,(H,15,17)(H,18,19). The van der Waals surface area contributed by atoms with E-state index in [0.717, 1.165) is 32.2 Å². The number of piperidine rings is 1. The largest absolute Gasteiger partial charge is 0.481 e.